The molecule has 0 bridgehead atoms. The molecular weight excluding hydrogens is 168 g/mol. The lowest BCUT2D eigenvalue weighted by atomic mass is 10.1. The van der Waals surface area contributed by atoms with Crippen molar-refractivity contribution in [1.82, 2.24) is 0 Å². The van der Waals surface area contributed by atoms with Crippen LogP contribution in [0.15, 0.2) is 36.6 Å². The SMILES string of the molecule is CO/C=C/C(=O)c1ccccc1O. The first-order chi connectivity index (χ1) is 6.25. The molecule has 1 rings (SSSR count). The van der Waals surface area contributed by atoms with Gasteiger partial charge in [-0.15, -0.1) is 0 Å². The molecule has 0 aromatic heterocycles. The Labute approximate surface area is 76.3 Å². The van der Waals surface area contributed by atoms with Crippen LogP contribution in [0.3, 0.4) is 0 Å². The molecule has 68 valence electrons. The number of methoxy groups -OCH3 is 1. The number of ketones is 1. The highest BCUT2D eigenvalue weighted by Gasteiger charge is 2.05. The monoisotopic (exact) mass is 178 g/mol. The van der Waals surface area contributed by atoms with Crippen LogP contribution in [0.1, 0.15) is 10.4 Å². The van der Waals surface area contributed by atoms with Crippen molar-refractivity contribution in [2.45, 2.75) is 0 Å². The quantitative estimate of drug-likeness (QED) is 0.435. The normalized spacial score (nSPS) is 10.2. The first kappa shape index (κ1) is 9.32. The standard InChI is InChI=1S/C10H10O3/c1-13-7-6-10(12)8-4-2-3-5-9(8)11/h2-7,11H,1H3/b7-6+. The molecule has 0 unspecified atom stereocenters. The summed E-state index contributed by atoms with van der Waals surface area (Å²) in [5, 5.41) is 9.28. The number of carbonyl (C=O) groups excluding carboxylic acids is 1. The topological polar surface area (TPSA) is 46.5 Å². The second kappa shape index (κ2) is 4.30. The summed E-state index contributed by atoms with van der Waals surface area (Å²) in [6, 6.07) is 6.37. The van der Waals surface area contributed by atoms with Gasteiger partial charge in [0.15, 0.2) is 5.78 Å². The number of benzene rings is 1. The van der Waals surface area contributed by atoms with Gasteiger partial charge in [0.25, 0.3) is 0 Å². The minimum Gasteiger partial charge on any atom is -0.507 e. The van der Waals surface area contributed by atoms with Crippen molar-refractivity contribution in [3.05, 3.63) is 42.2 Å². The minimum atomic E-state index is -0.278. The number of hydrogen-bond acceptors (Lipinski definition) is 3. The molecule has 0 aliphatic heterocycles. The molecule has 0 aliphatic rings. The van der Waals surface area contributed by atoms with Gasteiger partial charge >= 0.3 is 0 Å². The van der Waals surface area contributed by atoms with Crippen molar-refractivity contribution in [2.24, 2.45) is 0 Å². The van der Waals surface area contributed by atoms with Crippen molar-refractivity contribution in [1.29, 1.82) is 0 Å². The van der Waals surface area contributed by atoms with Gasteiger partial charge in [-0.05, 0) is 12.1 Å². The van der Waals surface area contributed by atoms with Gasteiger partial charge in [0.2, 0.25) is 0 Å². The number of para-hydroxylation sites is 1. The Morgan fingerprint density at radius 2 is 2.15 bits per heavy atom. The van der Waals surface area contributed by atoms with Crippen LogP contribution in [0.5, 0.6) is 5.75 Å². The molecule has 0 saturated carbocycles. The minimum absolute atomic E-state index is 0.0201. The van der Waals surface area contributed by atoms with E-state index in [9.17, 15) is 9.90 Å². The van der Waals surface area contributed by atoms with Crippen molar-refractivity contribution >= 4 is 5.78 Å². The van der Waals surface area contributed by atoms with E-state index in [0.29, 0.717) is 0 Å². The molecule has 1 N–H and O–H groups in total. The molecule has 13 heavy (non-hydrogen) atoms. The molecule has 0 amide bonds. The first-order valence-electron chi connectivity index (χ1n) is 3.77. The maximum atomic E-state index is 11.3. The van der Waals surface area contributed by atoms with E-state index in [1.807, 2.05) is 0 Å². The molecule has 0 aliphatic carbocycles. The van der Waals surface area contributed by atoms with Gasteiger partial charge in [-0.3, -0.25) is 4.79 Å². The Balaban J connectivity index is 2.89. The van der Waals surface area contributed by atoms with E-state index in [1.165, 1.54) is 25.5 Å². The van der Waals surface area contributed by atoms with Crippen LogP contribution in [0.4, 0.5) is 0 Å². The number of phenolic OH excluding ortho intramolecular Hbond substituents is 1. The van der Waals surface area contributed by atoms with Crippen molar-refractivity contribution in [2.75, 3.05) is 7.11 Å². The number of allylic oxidation sites excluding steroid dienone is 1. The number of ether oxygens (including phenoxy) is 1. The maximum absolute atomic E-state index is 11.3. The van der Waals surface area contributed by atoms with Gasteiger partial charge in [-0.25, -0.2) is 0 Å². The average Bonchev–Trinajstić information content (AvgIpc) is 2.15. The second-order valence-electron chi connectivity index (χ2n) is 2.42. The summed E-state index contributed by atoms with van der Waals surface area (Å²) in [6.07, 6.45) is 2.53. The summed E-state index contributed by atoms with van der Waals surface area (Å²) in [5.41, 5.74) is 0.274. The fraction of sp³-hybridized carbons (Fsp3) is 0.100. The maximum Gasteiger partial charge on any atom is 0.192 e. The predicted molar refractivity (Wildman–Crippen MR) is 48.6 cm³/mol. The fourth-order valence-electron chi connectivity index (χ4n) is 0.902. The van der Waals surface area contributed by atoms with Gasteiger partial charge in [-0.1, -0.05) is 12.1 Å². The van der Waals surface area contributed by atoms with E-state index >= 15 is 0 Å². The number of rotatable bonds is 3. The summed E-state index contributed by atoms with van der Waals surface area (Å²) in [4.78, 5) is 11.3. The zero-order valence-electron chi connectivity index (χ0n) is 7.23. The van der Waals surface area contributed by atoms with Crippen LogP contribution in [-0.2, 0) is 4.74 Å². The smallest absolute Gasteiger partial charge is 0.192 e. The molecule has 0 spiro atoms. The zero-order chi connectivity index (χ0) is 9.68. The Bertz CT molecular complexity index is 329. The summed E-state index contributed by atoms with van der Waals surface area (Å²) in [6.45, 7) is 0. The Kier molecular flexibility index (Phi) is 3.09. The van der Waals surface area contributed by atoms with E-state index in [-0.39, 0.29) is 17.1 Å². The van der Waals surface area contributed by atoms with Crippen molar-refractivity contribution in [3.8, 4) is 5.75 Å². The molecule has 1 aromatic rings. The van der Waals surface area contributed by atoms with E-state index in [1.54, 1.807) is 18.2 Å². The third-order valence-corrected chi connectivity index (χ3v) is 1.53. The lowest BCUT2D eigenvalue weighted by Crippen LogP contribution is -1.94. The van der Waals surface area contributed by atoms with Gasteiger partial charge in [0.1, 0.15) is 5.75 Å². The van der Waals surface area contributed by atoms with Crippen LogP contribution in [0.25, 0.3) is 0 Å². The van der Waals surface area contributed by atoms with Crippen molar-refractivity contribution in [3.63, 3.8) is 0 Å². The largest absolute Gasteiger partial charge is 0.507 e. The second-order valence-corrected chi connectivity index (χ2v) is 2.42. The van der Waals surface area contributed by atoms with Crippen LogP contribution in [0.2, 0.25) is 0 Å². The Hall–Kier alpha value is -1.77. The van der Waals surface area contributed by atoms with Gasteiger partial charge in [0.05, 0.1) is 18.9 Å². The molecule has 3 heteroatoms. The molecule has 0 radical (unpaired) electrons. The zero-order valence-corrected chi connectivity index (χ0v) is 7.23. The average molecular weight is 178 g/mol. The highest BCUT2D eigenvalue weighted by molar-refractivity contribution is 6.06. The van der Waals surface area contributed by atoms with Gasteiger partial charge in [-0.2, -0.15) is 0 Å². The Morgan fingerprint density at radius 1 is 1.46 bits per heavy atom. The lowest BCUT2D eigenvalue weighted by molar-refractivity contribution is 0.104. The van der Waals surface area contributed by atoms with Gasteiger partial charge in [0, 0.05) is 6.08 Å². The van der Waals surface area contributed by atoms with E-state index in [4.69, 9.17) is 0 Å². The molecular formula is C10H10O3. The molecule has 3 nitrogen and oxygen atoms in total. The summed E-state index contributed by atoms with van der Waals surface area (Å²) < 4.78 is 4.59. The first-order valence-corrected chi connectivity index (χ1v) is 3.77. The lowest BCUT2D eigenvalue weighted by Gasteiger charge is -1.98. The van der Waals surface area contributed by atoms with Crippen LogP contribution in [-0.4, -0.2) is 18.0 Å². The predicted octanol–water partition coefficient (Wildman–Crippen LogP) is 1.73. The molecule has 0 atom stereocenters. The van der Waals surface area contributed by atoms with Crippen LogP contribution in [0, 0.1) is 0 Å². The summed E-state index contributed by atoms with van der Waals surface area (Å²) in [7, 11) is 1.45. The third-order valence-electron chi connectivity index (χ3n) is 1.53. The Morgan fingerprint density at radius 3 is 2.77 bits per heavy atom. The molecule has 0 saturated heterocycles. The summed E-state index contributed by atoms with van der Waals surface area (Å²) in [5.74, 6) is -0.298. The highest BCUT2D eigenvalue weighted by Crippen LogP contribution is 2.16. The third kappa shape index (κ3) is 2.33. The molecule has 0 heterocycles. The van der Waals surface area contributed by atoms with E-state index in [2.05, 4.69) is 4.74 Å². The highest BCUT2D eigenvalue weighted by atomic mass is 16.5. The molecule has 1 aromatic carbocycles. The van der Waals surface area contributed by atoms with Crippen LogP contribution >= 0.6 is 0 Å². The summed E-state index contributed by atoms with van der Waals surface area (Å²) >= 11 is 0. The number of aromatic hydroxyl groups is 1. The van der Waals surface area contributed by atoms with E-state index in [0.717, 1.165) is 0 Å². The van der Waals surface area contributed by atoms with Gasteiger partial charge < -0.3 is 9.84 Å². The van der Waals surface area contributed by atoms with Crippen molar-refractivity contribution < 1.29 is 14.6 Å². The fourth-order valence-corrected chi connectivity index (χ4v) is 0.902. The van der Waals surface area contributed by atoms with Crippen LogP contribution < -0.4 is 0 Å². The molecule has 0 fully saturated rings. The number of carbonyl (C=O) groups is 1. The number of phenols is 1. The van der Waals surface area contributed by atoms with E-state index < -0.39 is 0 Å². The number of hydrogen-bond donors (Lipinski definition) is 1.